The number of rotatable bonds is 4. The van der Waals surface area contributed by atoms with E-state index in [1.165, 1.54) is 0 Å². The van der Waals surface area contributed by atoms with Crippen molar-refractivity contribution in [2.24, 2.45) is 0 Å². The zero-order valence-corrected chi connectivity index (χ0v) is 13.7. The molecule has 0 radical (unpaired) electrons. The molecule has 18 heavy (non-hydrogen) atoms. The SMILES string of the molecule is CC(O)CC(C)NC(=O)c1cc(Cl)cc(Cl)c1I. The lowest BCUT2D eigenvalue weighted by molar-refractivity contribution is 0.0922. The highest BCUT2D eigenvalue weighted by atomic mass is 127. The van der Waals surface area contributed by atoms with E-state index in [-0.39, 0.29) is 11.9 Å². The largest absolute Gasteiger partial charge is 0.393 e. The van der Waals surface area contributed by atoms with Crippen LogP contribution in [0.2, 0.25) is 10.0 Å². The Balaban J connectivity index is 2.85. The molecule has 0 saturated carbocycles. The van der Waals surface area contributed by atoms with Crippen LogP contribution in [0.1, 0.15) is 30.6 Å². The molecule has 100 valence electrons. The molecule has 2 unspecified atom stereocenters. The van der Waals surface area contributed by atoms with Crippen LogP contribution < -0.4 is 5.32 Å². The van der Waals surface area contributed by atoms with Gasteiger partial charge in [0.05, 0.1) is 16.7 Å². The van der Waals surface area contributed by atoms with E-state index in [2.05, 4.69) is 5.32 Å². The minimum atomic E-state index is -0.456. The van der Waals surface area contributed by atoms with Crippen molar-refractivity contribution in [2.45, 2.75) is 32.4 Å². The van der Waals surface area contributed by atoms with E-state index < -0.39 is 6.10 Å². The van der Waals surface area contributed by atoms with Crippen LogP contribution in [-0.2, 0) is 0 Å². The van der Waals surface area contributed by atoms with Crippen molar-refractivity contribution in [2.75, 3.05) is 0 Å². The topological polar surface area (TPSA) is 49.3 Å². The maximum absolute atomic E-state index is 12.0. The van der Waals surface area contributed by atoms with E-state index >= 15 is 0 Å². The molecule has 0 aliphatic rings. The highest BCUT2D eigenvalue weighted by molar-refractivity contribution is 14.1. The predicted molar refractivity (Wildman–Crippen MR) is 82.4 cm³/mol. The Bertz CT molecular complexity index is 452. The van der Waals surface area contributed by atoms with Crippen LogP contribution in [0.15, 0.2) is 12.1 Å². The van der Waals surface area contributed by atoms with Gasteiger partial charge in [-0.2, -0.15) is 0 Å². The molecule has 1 amide bonds. The van der Waals surface area contributed by atoms with Gasteiger partial charge in [-0.1, -0.05) is 23.2 Å². The Morgan fingerprint density at radius 3 is 2.61 bits per heavy atom. The molecule has 3 nitrogen and oxygen atoms in total. The number of hydrogen-bond acceptors (Lipinski definition) is 2. The third-order valence-corrected chi connectivity index (χ3v) is 4.31. The summed E-state index contributed by atoms with van der Waals surface area (Å²) in [7, 11) is 0. The van der Waals surface area contributed by atoms with Crippen LogP contribution in [0, 0.1) is 3.57 Å². The lowest BCUT2D eigenvalue weighted by Crippen LogP contribution is -2.35. The predicted octanol–water partition coefficient (Wildman–Crippen LogP) is 3.49. The molecule has 1 aromatic carbocycles. The van der Waals surface area contributed by atoms with Gasteiger partial charge in [-0.25, -0.2) is 0 Å². The number of nitrogens with one attached hydrogen (secondary N) is 1. The summed E-state index contributed by atoms with van der Waals surface area (Å²) in [5.41, 5.74) is 0.450. The summed E-state index contributed by atoms with van der Waals surface area (Å²) >= 11 is 13.9. The third-order valence-electron chi connectivity index (χ3n) is 2.31. The number of carbonyl (C=O) groups is 1. The monoisotopic (exact) mass is 401 g/mol. The fourth-order valence-electron chi connectivity index (χ4n) is 1.59. The molecule has 0 aliphatic heterocycles. The van der Waals surface area contributed by atoms with Gasteiger partial charge in [0.15, 0.2) is 0 Å². The normalized spacial score (nSPS) is 14.1. The van der Waals surface area contributed by atoms with Gasteiger partial charge in [-0.3, -0.25) is 4.79 Å². The zero-order chi connectivity index (χ0) is 13.9. The number of aliphatic hydroxyl groups excluding tert-OH is 1. The summed E-state index contributed by atoms with van der Waals surface area (Å²) in [5, 5.41) is 12.9. The first-order chi connectivity index (χ1) is 8.31. The first kappa shape index (κ1) is 16.0. The first-order valence-corrected chi connectivity index (χ1v) is 7.28. The van der Waals surface area contributed by atoms with Crippen molar-refractivity contribution in [3.05, 3.63) is 31.3 Å². The van der Waals surface area contributed by atoms with Crippen molar-refractivity contribution in [1.29, 1.82) is 0 Å². The van der Waals surface area contributed by atoms with Gasteiger partial charge in [-0.15, -0.1) is 0 Å². The molecule has 0 aromatic heterocycles. The quantitative estimate of drug-likeness (QED) is 0.599. The second-order valence-corrected chi connectivity index (χ2v) is 6.13. The van der Waals surface area contributed by atoms with Crippen molar-refractivity contribution < 1.29 is 9.90 Å². The fourth-order valence-corrected chi connectivity index (χ4v) is 2.64. The summed E-state index contributed by atoms with van der Waals surface area (Å²) in [6.07, 6.45) is 0.0405. The Morgan fingerprint density at radius 2 is 2.06 bits per heavy atom. The minimum absolute atomic E-state index is 0.119. The summed E-state index contributed by atoms with van der Waals surface area (Å²) < 4.78 is 0.667. The minimum Gasteiger partial charge on any atom is -0.393 e. The van der Waals surface area contributed by atoms with Crippen molar-refractivity contribution in [1.82, 2.24) is 5.32 Å². The van der Waals surface area contributed by atoms with Gasteiger partial charge in [0.1, 0.15) is 0 Å². The second kappa shape index (κ2) is 6.93. The van der Waals surface area contributed by atoms with Crippen LogP contribution in [-0.4, -0.2) is 23.2 Å². The van der Waals surface area contributed by atoms with E-state index in [4.69, 9.17) is 23.2 Å². The Kier molecular flexibility index (Phi) is 6.17. The average Bonchev–Trinajstić information content (AvgIpc) is 2.21. The molecule has 2 atom stereocenters. The van der Waals surface area contributed by atoms with Gasteiger partial charge in [0.25, 0.3) is 5.91 Å². The molecule has 0 heterocycles. The molecule has 6 heteroatoms. The number of benzene rings is 1. The summed E-state index contributed by atoms with van der Waals surface area (Å²) in [6.45, 7) is 3.52. The van der Waals surface area contributed by atoms with Crippen LogP contribution in [0.5, 0.6) is 0 Å². The van der Waals surface area contributed by atoms with E-state index in [1.807, 2.05) is 29.5 Å². The van der Waals surface area contributed by atoms with Crippen LogP contribution in [0.25, 0.3) is 0 Å². The zero-order valence-electron chi connectivity index (χ0n) is 10.0. The molecular weight excluding hydrogens is 388 g/mol. The summed E-state index contributed by atoms with van der Waals surface area (Å²) in [4.78, 5) is 12.0. The molecular formula is C12H14Cl2INO2. The average molecular weight is 402 g/mol. The molecule has 1 rings (SSSR count). The number of hydrogen-bond donors (Lipinski definition) is 2. The van der Waals surface area contributed by atoms with Gasteiger partial charge < -0.3 is 10.4 Å². The Hall–Kier alpha value is -0.0400. The fraction of sp³-hybridized carbons (Fsp3) is 0.417. The summed E-state index contributed by atoms with van der Waals surface area (Å²) in [6, 6.07) is 3.06. The maximum atomic E-state index is 12.0. The van der Waals surface area contributed by atoms with Crippen molar-refractivity contribution in [3.63, 3.8) is 0 Å². The van der Waals surface area contributed by atoms with Crippen LogP contribution in [0.3, 0.4) is 0 Å². The van der Waals surface area contributed by atoms with E-state index in [0.717, 1.165) is 0 Å². The lowest BCUT2D eigenvalue weighted by Gasteiger charge is -2.16. The third kappa shape index (κ3) is 4.57. The number of amides is 1. The Morgan fingerprint density at radius 1 is 1.44 bits per heavy atom. The molecule has 0 fully saturated rings. The smallest absolute Gasteiger partial charge is 0.252 e. The molecule has 0 spiro atoms. The molecule has 0 bridgehead atoms. The molecule has 0 saturated heterocycles. The number of halogens is 3. The van der Waals surface area contributed by atoms with E-state index in [0.29, 0.717) is 25.6 Å². The highest BCUT2D eigenvalue weighted by Gasteiger charge is 2.16. The highest BCUT2D eigenvalue weighted by Crippen LogP contribution is 2.26. The molecule has 2 N–H and O–H groups in total. The Labute approximate surface area is 130 Å². The van der Waals surface area contributed by atoms with Crippen molar-refractivity contribution >= 4 is 51.7 Å². The standard InChI is InChI=1S/C12H14Cl2INO2/c1-6(3-7(2)17)16-12(18)9-4-8(13)5-10(14)11(9)15/h4-7,17H,3H2,1-2H3,(H,16,18). The number of carbonyl (C=O) groups excluding carboxylic acids is 1. The summed E-state index contributed by atoms with van der Waals surface area (Å²) in [5.74, 6) is -0.239. The van der Waals surface area contributed by atoms with Crippen LogP contribution in [0.4, 0.5) is 0 Å². The van der Waals surface area contributed by atoms with Gasteiger partial charge >= 0.3 is 0 Å². The first-order valence-electron chi connectivity index (χ1n) is 5.44. The molecule has 0 aliphatic carbocycles. The van der Waals surface area contributed by atoms with E-state index in [9.17, 15) is 9.90 Å². The van der Waals surface area contributed by atoms with Gasteiger partial charge in [0.2, 0.25) is 0 Å². The molecule has 1 aromatic rings. The van der Waals surface area contributed by atoms with Gasteiger partial charge in [-0.05, 0) is 55.0 Å². The van der Waals surface area contributed by atoms with Crippen molar-refractivity contribution in [3.8, 4) is 0 Å². The maximum Gasteiger partial charge on any atom is 0.252 e. The number of aliphatic hydroxyl groups is 1. The second-order valence-electron chi connectivity index (χ2n) is 4.21. The van der Waals surface area contributed by atoms with Crippen LogP contribution >= 0.6 is 45.8 Å². The lowest BCUT2D eigenvalue weighted by atomic mass is 10.1. The van der Waals surface area contributed by atoms with Gasteiger partial charge in [0, 0.05) is 14.6 Å². The van der Waals surface area contributed by atoms with E-state index in [1.54, 1.807) is 19.1 Å².